The van der Waals surface area contributed by atoms with Crippen LogP contribution in [0, 0.1) is 0 Å². The minimum atomic E-state index is -4.45. The van der Waals surface area contributed by atoms with Gasteiger partial charge in [0, 0.05) is 17.7 Å². The second-order valence-corrected chi connectivity index (χ2v) is 8.51. The van der Waals surface area contributed by atoms with E-state index in [9.17, 15) is 18.0 Å². The number of anilines is 1. The van der Waals surface area contributed by atoms with Gasteiger partial charge in [-0.25, -0.2) is 0 Å². The first-order valence-corrected chi connectivity index (χ1v) is 10.5. The Morgan fingerprint density at radius 3 is 2.66 bits per heavy atom. The van der Waals surface area contributed by atoms with Crippen LogP contribution in [0.4, 0.5) is 18.9 Å². The van der Waals surface area contributed by atoms with Crippen LogP contribution in [0.25, 0.3) is 17.4 Å². The first-order chi connectivity index (χ1) is 15.3. The summed E-state index contributed by atoms with van der Waals surface area (Å²) in [5, 5.41) is 0. The molecule has 0 saturated carbocycles. The summed E-state index contributed by atoms with van der Waals surface area (Å²) < 4.78 is 55.6. The lowest BCUT2D eigenvalue weighted by Crippen LogP contribution is -2.27. The highest BCUT2D eigenvalue weighted by Crippen LogP contribution is 2.41. The molecule has 162 valence electrons. The molecule has 0 aliphatic carbocycles. The summed E-state index contributed by atoms with van der Waals surface area (Å²) in [7, 11) is 0. The van der Waals surface area contributed by atoms with Gasteiger partial charge < -0.3 is 13.9 Å². The van der Waals surface area contributed by atoms with E-state index in [1.54, 1.807) is 30.3 Å². The number of thiocarbonyl (C=S) groups is 1. The highest BCUT2D eigenvalue weighted by atomic mass is 32.2. The van der Waals surface area contributed by atoms with Crippen LogP contribution in [0.1, 0.15) is 11.3 Å². The molecule has 0 bridgehead atoms. The van der Waals surface area contributed by atoms with Crippen molar-refractivity contribution >= 4 is 46.0 Å². The Kier molecular flexibility index (Phi) is 4.98. The average Bonchev–Trinajstić information content (AvgIpc) is 3.47. The van der Waals surface area contributed by atoms with Gasteiger partial charge in [0.25, 0.3) is 5.91 Å². The molecule has 1 amide bonds. The van der Waals surface area contributed by atoms with Gasteiger partial charge in [-0.15, -0.1) is 0 Å². The fourth-order valence-corrected chi connectivity index (χ4v) is 4.56. The van der Waals surface area contributed by atoms with E-state index in [1.807, 2.05) is 0 Å². The molecule has 0 radical (unpaired) electrons. The highest BCUT2D eigenvalue weighted by molar-refractivity contribution is 8.27. The van der Waals surface area contributed by atoms with Crippen molar-refractivity contribution in [2.45, 2.75) is 6.18 Å². The fraction of sp³-hybridized carbons (Fsp3) is 0.0909. The number of hydrogen-bond donors (Lipinski definition) is 0. The van der Waals surface area contributed by atoms with Crippen molar-refractivity contribution in [3.8, 4) is 22.8 Å². The third-order valence-corrected chi connectivity index (χ3v) is 6.08. The maximum atomic E-state index is 13.0. The van der Waals surface area contributed by atoms with E-state index >= 15 is 0 Å². The van der Waals surface area contributed by atoms with E-state index in [4.69, 9.17) is 26.1 Å². The number of hydrogen-bond acceptors (Lipinski definition) is 6. The Morgan fingerprint density at radius 1 is 1.03 bits per heavy atom. The van der Waals surface area contributed by atoms with Gasteiger partial charge in [0.1, 0.15) is 11.5 Å². The molecule has 10 heteroatoms. The van der Waals surface area contributed by atoms with Crippen LogP contribution in [0.5, 0.6) is 11.5 Å². The molecule has 3 heterocycles. The van der Waals surface area contributed by atoms with Gasteiger partial charge in [0.2, 0.25) is 6.79 Å². The van der Waals surface area contributed by atoms with Gasteiger partial charge in [0.15, 0.2) is 15.8 Å². The molecule has 1 saturated heterocycles. The molecule has 2 aliphatic rings. The van der Waals surface area contributed by atoms with E-state index in [0.29, 0.717) is 32.2 Å². The normalized spacial score (nSPS) is 17.0. The number of rotatable bonds is 3. The number of amides is 1. The summed E-state index contributed by atoms with van der Waals surface area (Å²) in [5.74, 6) is 1.36. The summed E-state index contributed by atoms with van der Waals surface area (Å²) in [6.45, 7) is 0.115. The predicted octanol–water partition coefficient (Wildman–Crippen LogP) is 6.10. The summed E-state index contributed by atoms with van der Waals surface area (Å²) in [6, 6.07) is 13.1. The molecule has 0 spiro atoms. The lowest BCUT2D eigenvalue weighted by molar-refractivity contribution is -0.137. The number of benzene rings is 2. The second-order valence-electron chi connectivity index (χ2n) is 6.84. The molecule has 0 atom stereocenters. The Balaban J connectivity index is 1.40. The van der Waals surface area contributed by atoms with Gasteiger partial charge in [-0.2, -0.15) is 13.2 Å². The zero-order chi connectivity index (χ0) is 22.5. The van der Waals surface area contributed by atoms with Gasteiger partial charge in [-0.05, 0) is 36.4 Å². The van der Waals surface area contributed by atoms with Crippen LogP contribution in [0.15, 0.2) is 63.9 Å². The average molecular weight is 475 g/mol. The van der Waals surface area contributed by atoms with Gasteiger partial charge in [0.05, 0.1) is 16.2 Å². The summed E-state index contributed by atoms with van der Waals surface area (Å²) in [5.41, 5.74) is 0.0641. The zero-order valence-corrected chi connectivity index (χ0v) is 17.6. The van der Waals surface area contributed by atoms with Crippen molar-refractivity contribution < 1.29 is 31.9 Å². The molecule has 1 fully saturated rings. The predicted molar refractivity (Wildman–Crippen MR) is 117 cm³/mol. The Bertz CT molecular complexity index is 1280. The lowest BCUT2D eigenvalue weighted by atomic mass is 10.1. The monoisotopic (exact) mass is 475 g/mol. The SMILES string of the molecule is O=C1/C(=C\c2ccc(-c3cccc(C(F)(F)F)c3)o2)SC(=S)N1c1ccc2c(c1)OCO2. The van der Waals surface area contributed by atoms with Crippen molar-refractivity contribution in [2.24, 2.45) is 0 Å². The van der Waals surface area contributed by atoms with Crippen molar-refractivity contribution in [1.82, 2.24) is 0 Å². The molecule has 2 aliphatic heterocycles. The number of fused-ring (bicyclic) bond motifs is 1. The quantitative estimate of drug-likeness (QED) is 0.337. The Hall–Kier alpha value is -3.24. The number of nitrogens with zero attached hydrogens (tertiary/aromatic N) is 1. The largest absolute Gasteiger partial charge is 0.457 e. The minimum Gasteiger partial charge on any atom is -0.457 e. The minimum absolute atomic E-state index is 0.115. The van der Waals surface area contributed by atoms with Crippen molar-refractivity contribution in [3.05, 3.63) is 70.8 Å². The second kappa shape index (κ2) is 7.72. The van der Waals surface area contributed by atoms with Crippen LogP contribution in [0.3, 0.4) is 0 Å². The summed E-state index contributed by atoms with van der Waals surface area (Å²) in [4.78, 5) is 14.7. The van der Waals surface area contributed by atoms with Crippen LogP contribution in [-0.2, 0) is 11.0 Å². The molecule has 2 aromatic carbocycles. The molecular weight excluding hydrogens is 463 g/mol. The van der Waals surface area contributed by atoms with Crippen molar-refractivity contribution in [1.29, 1.82) is 0 Å². The maximum Gasteiger partial charge on any atom is 0.416 e. The zero-order valence-electron chi connectivity index (χ0n) is 16.0. The van der Waals surface area contributed by atoms with Crippen LogP contribution < -0.4 is 14.4 Å². The van der Waals surface area contributed by atoms with E-state index in [0.717, 1.165) is 23.9 Å². The third kappa shape index (κ3) is 3.76. The molecule has 0 unspecified atom stereocenters. The number of halogens is 3. The Labute approximate surface area is 189 Å². The van der Waals surface area contributed by atoms with Crippen molar-refractivity contribution in [3.63, 3.8) is 0 Å². The van der Waals surface area contributed by atoms with Gasteiger partial charge >= 0.3 is 6.18 Å². The highest BCUT2D eigenvalue weighted by Gasteiger charge is 2.34. The van der Waals surface area contributed by atoms with Gasteiger partial charge in [-0.3, -0.25) is 9.69 Å². The van der Waals surface area contributed by atoms with Gasteiger partial charge in [-0.1, -0.05) is 36.1 Å². The van der Waals surface area contributed by atoms with E-state index in [-0.39, 0.29) is 24.0 Å². The fourth-order valence-electron chi connectivity index (χ4n) is 3.28. The molecule has 32 heavy (non-hydrogen) atoms. The van der Waals surface area contributed by atoms with Crippen LogP contribution in [0.2, 0.25) is 0 Å². The van der Waals surface area contributed by atoms with Crippen molar-refractivity contribution in [2.75, 3.05) is 11.7 Å². The number of ether oxygens (including phenoxy) is 2. The number of furan rings is 1. The van der Waals surface area contributed by atoms with Crippen LogP contribution in [-0.4, -0.2) is 17.0 Å². The van der Waals surface area contributed by atoms with E-state index in [1.165, 1.54) is 23.1 Å². The molecule has 0 N–H and O–H groups in total. The van der Waals surface area contributed by atoms with E-state index < -0.39 is 11.7 Å². The molecule has 1 aromatic heterocycles. The topological polar surface area (TPSA) is 51.9 Å². The summed E-state index contributed by atoms with van der Waals surface area (Å²) >= 11 is 6.47. The van der Waals surface area contributed by atoms with Crippen LogP contribution >= 0.6 is 24.0 Å². The van der Waals surface area contributed by atoms with E-state index in [2.05, 4.69) is 0 Å². The first kappa shape index (κ1) is 20.7. The standard InChI is InChI=1S/C22H12F3NO4S2/c23-22(24,25)13-3-1-2-12(8-13)16-7-5-15(30-16)10-19-20(27)26(21(31)32-19)14-4-6-17-18(9-14)29-11-28-17/h1-10H,11H2/b19-10+. The number of alkyl halides is 3. The first-order valence-electron chi connectivity index (χ1n) is 9.25. The molecule has 5 nitrogen and oxygen atoms in total. The third-order valence-electron chi connectivity index (χ3n) is 4.78. The number of thioether (sulfide) groups is 1. The maximum absolute atomic E-state index is 13.0. The number of carbonyl (C=O) groups excluding carboxylic acids is 1. The Morgan fingerprint density at radius 2 is 1.84 bits per heavy atom. The molecular formula is C22H12F3NO4S2. The smallest absolute Gasteiger partial charge is 0.416 e. The summed E-state index contributed by atoms with van der Waals surface area (Å²) in [6.07, 6.45) is -2.93. The molecule has 5 rings (SSSR count). The lowest BCUT2D eigenvalue weighted by Gasteiger charge is -2.14. The number of carbonyl (C=O) groups is 1. The molecule has 3 aromatic rings.